The second-order valence-electron chi connectivity index (χ2n) is 21.6. The SMILES string of the molecule is [C-]#[N+]c1cc(-n2c3cc(-c4cc(C)cc(C)c4)ccc3c3ccc(-c4cc(C)cc(C)c4)cc32)c(-n2c3cc(-c4cc(C)cc(C)c4)ccc3c3ccc(-c4cc(C)cc(C)c4)cc32)cc1-c1c(C)cccc1C(F)(F)F. The molecule has 0 saturated heterocycles. The van der Waals surface area contributed by atoms with Crippen LogP contribution >= 0.6 is 0 Å². The normalized spacial score (nSPS) is 11.9. The Hall–Kier alpha value is -8.92. The van der Waals surface area contributed by atoms with E-state index >= 15 is 13.2 Å². The van der Waals surface area contributed by atoms with Crippen LogP contribution in [0.1, 0.15) is 55.6 Å². The molecule has 0 aliphatic carbocycles. The van der Waals surface area contributed by atoms with Crippen molar-refractivity contribution >= 4 is 49.3 Å². The first-order chi connectivity index (χ1) is 36.9. The number of rotatable bonds is 7. The fraction of sp³-hybridized carbons (Fsp3) is 0.141. The largest absolute Gasteiger partial charge is 0.416 e. The highest BCUT2D eigenvalue weighted by atomic mass is 19.4. The Kier molecular flexibility index (Phi) is 11.7. The van der Waals surface area contributed by atoms with Gasteiger partial charge in [0.25, 0.3) is 0 Å². The number of alkyl halides is 3. The zero-order valence-electron chi connectivity index (χ0n) is 44.7. The molecule has 12 rings (SSSR count). The van der Waals surface area contributed by atoms with Crippen molar-refractivity contribution in [2.75, 3.05) is 0 Å². The van der Waals surface area contributed by atoms with E-state index in [4.69, 9.17) is 6.57 Å². The standard InChI is InChI=1S/C71H56F3N3/c1-40-22-41(2)27-53(26-40)49-14-18-57-58-19-15-50(54-28-42(3)23-43(4)29-54)35-65(58)76(64(57)34-49)68-38-61(70-48(9)12-11-13-62(70)71(72,73)74)63(75-10)39-69(68)77-66-36-51(55-30-44(5)24-45(6)31-55)16-20-59(66)60-21-17-52(37-67(60)77)56-32-46(7)25-47(8)33-56/h11-39H,1-9H3. The lowest BCUT2D eigenvalue weighted by Gasteiger charge is -2.22. The minimum Gasteiger partial charge on any atom is -0.308 e. The molecule has 2 heterocycles. The Morgan fingerprint density at radius 2 is 0.662 bits per heavy atom. The third-order valence-corrected chi connectivity index (χ3v) is 15.3. The highest BCUT2D eigenvalue weighted by Gasteiger charge is 2.35. The lowest BCUT2D eigenvalue weighted by molar-refractivity contribution is -0.137. The zero-order chi connectivity index (χ0) is 53.8. The zero-order valence-corrected chi connectivity index (χ0v) is 44.7. The van der Waals surface area contributed by atoms with E-state index in [1.54, 1.807) is 13.0 Å². The third-order valence-electron chi connectivity index (χ3n) is 15.3. The van der Waals surface area contributed by atoms with Gasteiger partial charge in [-0.3, -0.25) is 0 Å². The summed E-state index contributed by atoms with van der Waals surface area (Å²) >= 11 is 0. The van der Waals surface area contributed by atoms with Gasteiger partial charge >= 0.3 is 6.18 Å². The van der Waals surface area contributed by atoms with Crippen LogP contribution in [0.25, 0.3) is 115 Å². The van der Waals surface area contributed by atoms with Crippen molar-refractivity contribution in [2.45, 2.75) is 68.5 Å². The molecule has 0 amide bonds. The summed E-state index contributed by atoms with van der Waals surface area (Å²) in [5.41, 5.74) is 22.3. The summed E-state index contributed by atoms with van der Waals surface area (Å²) in [6, 6.07) is 60.7. The monoisotopic (exact) mass is 1010 g/mol. The smallest absolute Gasteiger partial charge is 0.308 e. The molecule has 0 aliphatic heterocycles. The molecule has 0 N–H and O–H groups in total. The van der Waals surface area contributed by atoms with Crippen LogP contribution in [0, 0.1) is 68.9 Å². The first kappa shape index (κ1) is 49.0. The van der Waals surface area contributed by atoms with E-state index in [0.717, 1.165) is 139 Å². The molecule has 0 spiro atoms. The molecule has 0 aliphatic rings. The quantitative estimate of drug-likeness (QED) is 0.141. The molecule has 0 unspecified atom stereocenters. The number of halogens is 3. The van der Waals surface area contributed by atoms with E-state index in [9.17, 15) is 0 Å². The van der Waals surface area contributed by atoms with Gasteiger partial charge in [-0.05, 0) is 166 Å². The highest BCUT2D eigenvalue weighted by Crippen LogP contribution is 2.48. The van der Waals surface area contributed by atoms with Crippen LogP contribution in [-0.2, 0) is 6.18 Å². The molecule has 6 heteroatoms. The van der Waals surface area contributed by atoms with E-state index in [0.29, 0.717) is 16.9 Å². The molecule has 10 aromatic carbocycles. The second-order valence-corrected chi connectivity index (χ2v) is 21.6. The lowest BCUT2D eigenvalue weighted by Crippen LogP contribution is -2.09. The van der Waals surface area contributed by atoms with Gasteiger partial charge in [-0.15, -0.1) is 0 Å². The Morgan fingerprint density at radius 3 is 0.961 bits per heavy atom. The summed E-state index contributed by atoms with van der Waals surface area (Å²) in [4.78, 5) is 4.16. The van der Waals surface area contributed by atoms with E-state index in [2.05, 4.69) is 215 Å². The van der Waals surface area contributed by atoms with Crippen LogP contribution in [-0.4, -0.2) is 9.13 Å². The average molecular weight is 1010 g/mol. The maximum Gasteiger partial charge on any atom is 0.416 e. The summed E-state index contributed by atoms with van der Waals surface area (Å²) in [7, 11) is 0. The van der Waals surface area contributed by atoms with Crippen LogP contribution < -0.4 is 0 Å². The van der Waals surface area contributed by atoms with E-state index in [1.165, 1.54) is 6.07 Å². The van der Waals surface area contributed by atoms with Crippen molar-refractivity contribution in [3.63, 3.8) is 0 Å². The van der Waals surface area contributed by atoms with Crippen LogP contribution in [0.2, 0.25) is 0 Å². The van der Waals surface area contributed by atoms with Crippen molar-refractivity contribution < 1.29 is 13.2 Å². The van der Waals surface area contributed by atoms with Crippen LogP contribution in [0.15, 0.2) is 176 Å². The summed E-state index contributed by atoms with van der Waals surface area (Å²) in [6.45, 7) is 27.5. The predicted molar refractivity (Wildman–Crippen MR) is 316 cm³/mol. The van der Waals surface area contributed by atoms with Crippen molar-refractivity contribution in [3.8, 4) is 67.0 Å². The summed E-state index contributed by atoms with van der Waals surface area (Å²) < 4.78 is 51.0. The number of fused-ring (bicyclic) bond motifs is 6. The fourth-order valence-corrected chi connectivity index (χ4v) is 12.3. The van der Waals surface area contributed by atoms with E-state index in [-0.39, 0.29) is 16.8 Å². The van der Waals surface area contributed by atoms with Crippen molar-refractivity contribution in [3.05, 3.63) is 243 Å². The van der Waals surface area contributed by atoms with Crippen LogP contribution in [0.4, 0.5) is 18.9 Å². The maximum atomic E-state index is 15.5. The van der Waals surface area contributed by atoms with Gasteiger partial charge in [0.2, 0.25) is 0 Å². The van der Waals surface area contributed by atoms with Gasteiger partial charge in [-0.1, -0.05) is 178 Å². The van der Waals surface area contributed by atoms with Gasteiger partial charge < -0.3 is 9.13 Å². The molecule has 12 aromatic rings. The van der Waals surface area contributed by atoms with Crippen LogP contribution in [0.5, 0.6) is 0 Å². The molecule has 0 radical (unpaired) electrons. The van der Waals surface area contributed by atoms with Gasteiger partial charge in [-0.2, -0.15) is 13.2 Å². The van der Waals surface area contributed by atoms with Crippen molar-refractivity contribution in [1.29, 1.82) is 0 Å². The van der Waals surface area contributed by atoms with Crippen molar-refractivity contribution in [2.24, 2.45) is 0 Å². The molecule has 0 bridgehead atoms. The van der Waals surface area contributed by atoms with E-state index < -0.39 is 11.7 Å². The van der Waals surface area contributed by atoms with Gasteiger partial charge in [0, 0.05) is 21.5 Å². The molecule has 2 aromatic heterocycles. The Labute approximate surface area is 448 Å². The number of nitrogens with zero attached hydrogens (tertiary/aromatic N) is 3. The van der Waals surface area contributed by atoms with E-state index in [1.807, 2.05) is 12.1 Å². The van der Waals surface area contributed by atoms with Gasteiger partial charge in [0.1, 0.15) is 0 Å². The third kappa shape index (κ3) is 8.66. The van der Waals surface area contributed by atoms with Crippen molar-refractivity contribution in [1.82, 2.24) is 9.13 Å². The first-order valence-electron chi connectivity index (χ1n) is 26.1. The number of aryl methyl sites for hydroxylation is 9. The predicted octanol–water partition coefficient (Wildman–Crippen LogP) is 20.6. The summed E-state index contributed by atoms with van der Waals surface area (Å²) in [6.07, 6.45) is -4.70. The fourth-order valence-electron chi connectivity index (χ4n) is 12.3. The molecular weight excluding hydrogens is 952 g/mol. The summed E-state index contributed by atoms with van der Waals surface area (Å²) in [5, 5.41) is 4.00. The molecular formula is C71H56F3N3. The average Bonchev–Trinajstić information content (AvgIpc) is 4.14. The second kappa shape index (κ2) is 18.4. The molecule has 3 nitrogen and oxygen atoms in total. The highest BCUT2D eigenvalue weighted by molar-refractivity contribution is 6.14. The molecule has 0 fully saturated rings. The Balaban J connectivity index is 1.29. The molecule has 77 heavy (non-hydrogen) atoms. The van der Waals surface area contributed by atoms with Gasteiger partial charge in [0.05, 0.1) is 45.6 Å². The number of hydrogen-bond acceptors (Lipinski definition) is 0. The number of hydrogen-bond donors (Lipinski definition) is 0. The molecule has 0 atom stereocenters. The first-order valence-corrected chi connectivity index (χ1v) is 26.1. The lowest BCUT2D eigenvalue weighted by atomic mass is 9.92. The van der Waals surface area contributed by atoms with Crippen LogP contribution in [0.3, 0.4) is 0 Å². The minimum atomic E-state index is -4.70. The topological polar surface area (TPSA) is 14.2 Å². The van der Waals surface area contributed by atoms with Gasteiger partial charge in [-0.25, -0.2) is 4.85 Å². The summed E-state index contributed by atoms with van der Waals surface area (Å²) in [5.74, 6) is 0. The van der Waals surface area contributed by atoms with Gasteiger partial charge in [0.15, 0.2) is 5.69 Å². The number of benzene rings is 10. The molecule has 376 valence electrons. The Bertz CT molecular complexity index is 4200. The number of aromatic nitrogens is 2. The molecule has 0 saturated carbocycles. The minimum absolute atomic E-state index is 0.0113. The maximum absolute atomic E-state index is 15.5. The Morgan fingerprint density at radius 1 is 0.351 bits per heavy atom.